The van der Waals surface area contributed by atoms with Gasteiger partial charge in [-0.2, -0.15) is 0 Å². The summed E-state index contributed by atoms with van der Waals surface area (Å²) in [6.07, 6.45) is 0.698. The van der Waals surface area contributed by atoms with E-state index in [-0.39, 0.29) is 24.4 Å². The molecule has 2 atom stereocenters. The Morgan fingerprint density at radius 3 is 2.43 bits per heavy atom. The average Bonchev–Trinajstić information content (AvgIpc) is 3.11. The summed E-state index contributed by atoms with van der Waals surface area (Å²) < 4.78 is 11.6. The number of likely N-dealkylation sites (N-methyl/N-ethyl adjacent to an activating group) is 2. The molecule has 0 unspecified atom stereocenters. The topological polar surface area (TPSA) is 79.3 Å². The highest BCUT2D eigenvalue weighted by atomic mass is 35.5. The summed E-state index contributed by atoms with van der Waals surface area (Å²) in [6.45, 7) is 1.01. The van der Waals surface area contributed by atoms with E-state index >= 15 is 0 Å². The smallest absolute Gasteiger partial charge is 0.407 e. The number of carbonyl (C=O) groups excluding carboxylic acids is 1. The fraction of sp³-hybridized carbons (Fsp3) is 0.579. The molecule has 1 aliphatic heterocycles. The van der Waals surface area contributed by atoms with Crippen molar-refractivity contribution in [1.29, 1.82) is 0 Å². The zero-order valence-electron chi connectivity index (χ0n) is 15.9. The number of carboxylic acid groups (broad SMARTS) is 1. The minimum atomic E-state index is -1.02. The lowest BCUT2D eigenvalue weighted by Gasteiger charge is -2.46. The number of nitrogens with zero attached hydrogens (tertiary/aromatic N) is 2. The third-order valence-corrected chi connectivity index (χ3v) is 6.37. The Morgan fingerprint density at radius 1 is 1.14 bits per heavy atom. The summed E-state index contributed by atoms with van der Waals surface area (Å²) in [5, 5.41) is 10.3. The molecule has 1 aromatic carbocycles. The molecule has 3 rings (SSSR count). The number of hydrogen-bond donors (Lipinski definition) is 1. The third kappa shape index (κ3) is 4.38. The molecular weight excluding hydrogens is 407 g/mol. The third-order valence-electron chi connectivity index (χ3n) is 5.63. The van der Waals surface area contributed by atoms with E-state index in [2.05, 4.69) is 0 Å². The number of benzene rings is 1. The second kappa shape index (κ2) is 8.45. The van der Waals surface area contributed by atoms with Crippen LogP contribution in [0.15, 0.2) is 18.2 Å². The molecule has 9 heteroatoms. The van der Waals surface area contributed by atoms with Gasteiger partial charge in [-0.1, -0.05) is 29.3 Å². The van der Waals surface area contributed by atoms with Crippen molar-refractivity contribution in [3.05, 3.63) is 33.8 Å². The first-order valence-electron chi connectivity index (χ1n) is 9.16. The normalized spacial score (nSPS) is 23.6. The van der Waals surface area contributed by atoms with E-state index in [1.165, 1.54) is 11.9 Å². The van der Waals surface area contributed by atoms with Crippen molar-refractivity contribution < 1.29 is 24.2 Å². The molecule has 1 saturated heterocycles. The van der Waals surface area contributed by atoms with Crippen molar-refractivity contribution in [3.8, 4) is 0 Å². The van der Waals surface area contributed by atoms with E-state index in [1.54, 1.807) is 30.1 Å². The van der Waals surface area contributed by atoms with Gasteiger partial charge < -0.3 is 24.4 Å². The van der Waals surface area contributed by atoms with E-state index < -0.39 is 11.9 Å². The first-order chi connectivity index (χ1) is 13.2. The summed E-state index contributed by atoms with van der Waals surface area (Å²) in [4.78, 5) is 27.4. The maximum Gasteiger partial charge on any atom is 0.407 e. The molecule has 2 fully saturated rings. The zero-order chi connectivity index (χ0) is 20.5. The Labute approximate surface area is 174 Å². The summed E-state index contributed by atoms with van der Waals surface area (Å²) in [5.74, 6) is -0.874. The highest BCUT2D eigenvalue weighted by Crippen LogP contribution is 2.39. The Bertz CT molecular complexity index is 754. The summed E-state index contributed by atoms with van der Waals surface area (Å²) in [7, 11) is 3.23. The number of amides is 2. The molecule has 2 amide bonds. The molecular formula is C19H24Cl2N2O5. The van der Waals surface area contributed by atoms with E-state index in [0.717, 1.165) is 5.56 Å². The lowest BCUT2D eigenvalue weighted by atomic mass is 9.84. The second-order valence-electron chi connectivity index (χ2n) is 7.31. The zero-order valence-corrected chi connectivity index (χ0v) is 17.4. The van der Waals surface area contributed by atoms with Crippen LogP contribution in [0.1, 0.15) is 24.8 Å². The van der Waals surface area contributed by atoms with Crippen LogP contribution in [-0.4, -0.2) is 72.1 Å². The van der Waals surface area contributed by atoms with Gasteiger partial charge in [0.15, 0.2) is 5.79 Å². The molecule has 28 heavy (non-hydrogen) atoms. The van der Waals surface area contributed by atoms with Crippen LogP contribution < -0.4 is 0 Å². The van der Waals surface area contributed by atoms with Crippen LogP contribution in [0.2, 0.25) is 10.0 Å². The van der Waals surface area contributed by atoms with Gasteiger partial charge in [-0.15, -0.1) is 0 Å². The first kappa shape index (κ1) is 21.2. The molecule has 154 valence electrons. The monoisotopic (exact) mass is 430 g/mol. The summed E-state index contributed by atoms with van der Waals surface area (Å²) in [5.41, 5.74) is 0.744. The fourth-order valence-electron chi connectivity index (χ4n) is 4.00. The molecule has 1 N–H and O–H groups in total. The van der Waals surface area contributed by atoms with Crippen molar-refractivity contribution >= 4 is 35.2 Å². The minimum Gasteiger partial charge on any atom is -0.465 e. The van der Waals surface area contributed by atoms with Crippen LogP contribution in [0.3, 0.4) is 0 Å². The van der Waals surface area contributed by atoms with Crippen molar-refractivity contribution in [3.63, 3.8) is 0 Å². The van der Waals surface area contributed by atoms with Gasteiger partial charge in [-0.25, -0.2) is 4.79 Å². The van der Waals surface area contributed by atoms with E-state index in [9.17, 15) is 14.7 Å². The minimum absolute atomic E-state index is 0.137. The van der Waals surface area contributed by atoms with Gasteiger partial charge in [0.05, 0.1) is 41.8 Å². The van der Waals surface area contributed by atoms with Crippen LogP contribution in [0.4, 0.5) is 4.79 Å². The van der Waals surface area contributed by atoms with Crippen LogP contribution >= 0.6 is 23.2 Å². The predicted molar refractivity (Wildman–Crippen MR) is 105 cm³/mol. The first-order valence-corrected chi connectivity index (χ1v) is 9.91. The summed E-state index contributed by atoms with van der Waals surface area (Å²) in [6, 6.07) is 4.39. The van der Waals surface area contributed by atoms with E-state index in [4.69, 9.17) is 32.7 Å². The quantitative estimate of drug-likeness (QED) is 0.792. The summed E-state index contributed by atoms with van der Waals surface area (Å²) >= 11 is 12.0. The highest BCUT2D eigenvalue weighted by Gasteiger charge is 2.48. The van der Waals surface area contributed by atoms with Gasteiger partial charge in [-0.3, -0.25) is 4.79 Å². The van der Waals surface area contributed by atoms with Crippen molar-refractivity contribution in [2.75, 3.05) is 27.3 Å². The van der Waals surface area contributed by atoms with E-state index in [0.29, 0.717) is 42.5 Å². The van der Waals surface area contributed by atoms with Crippen molar-refractivity contribution in [1.82, 2.24) is 9.80 Å². The molecule has 1 heterocycles. The SMILES string of the molecule is CN(C(=O)O)[C@H]1CCC2(C[C@@H]1N(C)C(=O)Cc1ccc(Cl)c(Cl)c1)OCCO2. The second-order valence-corrected chi connectivity index (χ2v) is 8.12. The number of rotatable bonds is 4. The molecule has 1 saturated carbocycles. The van der Waals surface area contributed by atoms with Crippen LogP contribution in [0.25, 0.3) is 0 Å². The van der Waals surface area contributed by atoms with Gasteiger partial charge >= 0.3 is 6.09 Å². The van der Waals surface area contributed by atoms with E-state index in [1.807, 2.05) is 0 Å². The Hall–Kier alpha value is -1.54. The van der Waals surface area contributed by atoms with Crippen LogP contribution in [0, 0.1) is 0 Å². The van der Waals surface area contributed by atoms with Crippen LogP contribution in [0.5, 0.6) is 0 Å². The number of carbonyl (C=O) groups is 2. The number of ether oxygens (including phenoxy) is 2. The predicted octanol–water partition coefficient (Wildman–Crippen LogP) is 3.27. The highest BCUT2D eigenvalue weighted by molar-refractivity contribution is 6.42. The maximum atomic E-state index is 13.0. The van der Waals surface area contributed by atoms with Crippen molar-refractivity contribution in [2.45, 2.75) is 43.6 Å². The maximum absolute atomic E-state index is 13.0. The van der Waals surface area contributed by atoms with Gasteiger partial charge in [0, 0.05) is 26.9 Å². The van der Waals surface area contributed by atoms with Gasteiger partial charge in [-0.05, 0) is 24.1 Å². The standard InChI is InChI=1S/C19H24Cl2N2O5/c1-22(17(24)10-12-3-4-13(20)14(21)9-12)16-11-19(27-7-8-28-19)6-5-15(16)23(2)18(25)26/h3-4,9,15-16H,5-8,10-11H2,1-2H3,(H,25,26)/t15-,16-/m0/s1. The van der Waals surface area contributed by atoms with Gasteiger partial charge in [0.25, 0.3) is 0 Å². The molecule has 2 aliphatic rings. The lowest BCUT2D eigenvalue weighted by Crippen LogP contribution is -2.59. The average molecular weight is 431 g/mol. The molecule has 0 aromatic heterocycles. The van der Waals surface area contributed by atoms with Gasteiger partial charge in [0.2, 0.25) is 5.91 Å². The lowest BCUT2D eigenvalue weighted by molar-refractivity contribution is -0.197. The fourth-order valence-corrected chi connectivity index (χ4v) is 4.32. The molecule has 0 radical (unpaired) electrons. The molecule has 7 nitrogen and oxygen atoms in total. The molecule has 1 spiro atoms. The van der Waals surface area contributed by atoms with Crippen molar-refractivity contribution in [2.24, 2.45) is 0 Å². The van der Waals surface area contributed by atoms with Gasteiger partial charge in [0.1, 0.15) is 0 Å². The molecule has 0 bridgehead atoms. The number of hydrogen-bond acceptors (Lipinski definition) is 4. The Kier molecular flexibility index (Phi) is 6.39. The largest absolute Gasteiger partial charge is 0.465 e. The molecule has 1 aromatic rings. The number of halogens is 2. The Balaban J connectivity index is 1.78. The Morgan fingerprint density at radius 2 is 1.82 bits per heavy atom. The van der Waals surface area contributed by atoms with Crippen LogP contribution in [-0.2, 0) is 20.7 Å². The molecule has 1 aliphatic carbocycles.